The Kier molecular flexibility index (Phi) is 1.21. The van der Waals surface area contributed by atoms with Crippen molar-refractivity contribution >= 4 is 6.09 Å². The van der Waals surface area contributed by atoms with Crippen LogP contribution in [0.4, 0.5) is 4.79 Å². The van der Waals surface area contributed by atoms with Gasteiger partial charge in [0.15, 0.2) is 0 Å². The Hall–Kier alpha value is -1.78. The van der Waals surface area contributed by atoms with Gasteiger partial charge < -0.3 is 9.84 Å². The first-order valence-corrected chi connectivity index (χ1v) is 3.31. The van der Waals surface area contributed by atoms with Crippen molar-refractivity contribution in [1.82, 2.24) is 4.57 Å². The molecule has 2 heterocycles. The van der Waals surface area contributed by atoms with E-state index >= 15 is 0 Å². The number of nitrogens with zero attached hydrogens (tertiary/aromatic N) is 1. The predicted octanol–water partition coefficient (Wildman–Crippen LogP) is 0.0522. The molecule has 0 saturated heterocycles. The zero-order valence-electron chi connectivity index (χ0n) is 5.98. The molecule has 0 amide bonds. The number of carbonyl (C=O) groups is 1. The number of carbonyl (C=O) groups excluding carboxylic acids is 1. The maximum absolute atomic E-state index is 11.0. The molecule has 1 N–H and O–H groups in total. The molecular weight excluding hydrogens is 162 g/mol. The summed E-state index contributed by atoms with van der Waals surface area (Å²) in [6.45, 7) is -0.0409. The molecule has 0 fully saturated rings. The van der Waals surface area contributed by atoms with Crippen molar-refractivity contribution in [3.63, 3.8) is 0 Å². The lowest BCUT2D eigenvalue weighted by Crippen LogP contribution is -2.22. The molecule has 1 aliphatic rings. The number of cyclic esters (lactones) is 1. The van der Waals surface area contributed by atoms with Gasteiger partial charge in [-0.15, -0.1) is 0 Å². The van der Waals surface area contributed by atoms with Gasteiger partial charge in [0.1, 0.15) is 18.1 Å². The summed E-state index contributed by atoms with van der Waals surface area (Å²) in [4.78, 5) is 21.9. The van der Waals surface area contributed by atoms with Gasteiger partial charge in [0, 0.05) is 6.07 Å². The van der Waals surface area contributed by atoms with Gasteiger partial charge in [0.25, 0.3) is 5.56 Å². The maximum Gasteiger partial charge on any atom is 0.421 e. The summed E-state index contributed by atoms with van der Waals surface area (Å²) >= 11 is 0. The van der Waals surface area contributed by atoms with Crippen molar-refractivity contribution in [2.24, 2.45) is 0 Å². The Morgan fingerprint density at radius 3 is 2.83 bits per heavy atom. The van der Waals surface area contributed by atoms with Gasteiger partial charge in [-0.1, -0.05) is 0 Å². The maximum atomic E-state index is 11.0. The number of pyridine rings is 1. The fourth-order valence-electron chi connectivity index (χ4n) is 1.10. The van der Waals surface area contributed by atoms with Gasteiger partial charge in [-0.05, 0) is 6.07 Å². The van der Waals surface area contributed by atoms with Crippen LogP contribution in [0.3, 0.4) is 0 Å². The Morgan fingerprint density at radius 2 is 2.17 bits per heavy atom. The number of rotatable bonds is 0. The summed E-state index contributed by atoms with van der Waals surface area (Å²) in [6.07, 6.45) is -0.731. The number of hydrogen-bond acceptors (Lipinski definition) is 4. The zero-order valence-corrected chi connectivity index (χ0v) is 5.98. The summed E-state index contributed by atoms with van der Waals surface area (Å²) in [5.41, 5.74) is -0.266. The molecule has 5 nitrogen and oxygen atoms in total. The fourth-order valence-corrected chi connectivity index (χ4v) is 1.10. The highest BCUT2D eigenvalue weighted by atomic mass is 16.6. The van der Waals surface area contributed by atoms with Gasteiger partial charge in [-0.25, -0.2) is 9.36 Å². The lowest BCUT2D eigenvalue weighted by molar-refractivity contribution is 0.161. The minimum atomic E-state index is -0.731. The van der Waals surface area contributed by atoms with Gasteiger partial charge in [0.2, 0.25) is 0 Å². The highest BCUT2D eigenvalue weighted by Crippen LogP contribution is 2.19. The molecule has 0 aliphatic carbocycles. The molecule has 0 saturated carbocycles. The first-order valence-electron chi connectivity index (χ1n) is 3.31. The topological polar surface area (TPSA) is 68.5 Å². The SMILES string of the molecule is O=C1OCc2c(O)ccc(=O)n21. The average molecular weight is 167 g/mol. The second-order valence-corrected chi connectivity index (χ2v) is 2.39. The molecular formula is C7H5NO4. The van der Waals surface area contributed by atoms with Crippen molar-refractivity contribution in [2.75, 3.05) is 0 Å². The molecule has 1 aliphatic heterocycles. The quantitative estimate of drug-likeness (QED) is 0.592. The first kappa shape index (κ1) is 6.90. The van der Waals surface area contributed by atoms with Gasteiger partial charge >= 0.3 is 6.09 Å². The van der Waals surface area contributed by atoms with Gasteiger partial charge in [-0.3, -0.25) is 4.79 Å². The number of hydrogen-bond donors (Lipinski definition) is 1. The standard InChI is InChI=1S/C7H5NO4/c9-5-1-2-6(10)8-4(5)3-12-7(8)11/h1-2,9H,3H2. The molecule has 0 unspecified atom stereocenters. The molecule has 5 heteroatoms. The van der Waals surface area contributed by atoms with E-state index in [4.69, 9.17) is 0 Å². The highest BCUT2D eigenvalue weighted by Gasteiger charge is 2.24. The van der Waals surface area contributed by atoms with Crippen LogP contribution in [-0.2, 0) is 11.3 Å². The van der Waals surface area contributed by atoms with E-state index < -0.39 is 11.7 Å². The normalized spacial score (nSPS) is 14.2. The van der Waals surface area contributed by atoms with Crippen LogP contribution in [0.25, 0.3) is 0 Å². The smallest absolute Gasteiger partial charge is 0.421 e. The number of fused-ring (bicyclic) bond motifs is 1. The van der Waals surface area contributed by atoms with Crippen LogP contribution >= 0.6 is 0 Å². The van der Waals surface area contributed by atoms with E-state index in [-0.39, 0.29) is 18.1 Å². The summed E-state index contributed by atoms with van der Waals surface area (Å²) < 4.78 is 5.36. The van der Waals surface area contributed by atoms with Gasteiger partial charge in [0.05, 0.1) is 0 Å². The molecule has 1 aromatic rings. The highest BCUT2D eigenvalue weighted by molar-refractivity contribution is 5.74. The monoisotopic (exact) mass is 167 g/mol. The van der Waals surface area contributed by atoms with E-state index in [2.05, 4.69) is 4.74 Å². The fraction of sp³-hybridized carbons (Fsp3) is 0.143. The third-order valence-electron chi connectivity index (χ3n) is 1.68. The zero-order chi connectivity index (χ0) is 8.72. The molecule has 0 aromatic carbocycles. The molecule has 1 aromatic heterocycles. The van der Waals surface area contributed by atoms with E-state index in [9.17, 15) is 14.7 Å². The van der Waals surface area contributed by atoms with Crippen LogP contribution in [-0.4, -0.2) is 15.8 Å². The van der Waals surface area contributed by atoms with E-state index in [1.165, 1.54) is 6.07 Å². The third kappa shape index (κ3) is 0.730. The van der Waals surface area contributed by atoms with Crippen LogP contribution < -0.4 is 5.56 Å². The Balaban J connectivity index is 2.81. The van der Waals surface area contributed by atoms with Crippen molar-refractivity contribution in [1.29, 1.82) is 0 Å². The van der Waals surface area contributed by atoms with Crippen molar-refractivity contribution in [2.45, 2.75) is 6.61 Å². The second kappa shape index (κ2) is 2.10. The number of aromatic hydroxyl groups is 1. The van der Waals surface area contributed by atoms with Crippen molar-refractivity contribution in [3.8, 4) is 5.75 Å². The minimum Gasteiger partial charge on any atom is -0.506 e. The Labute approximate surface area is 66.8 Å². The summed E-state index contributed by atoms with van der Waals surface area (Å²) in [5, 5.41) is 9.18. The minimum absolute atomic E-state index is 0.0409. The Bertz CT molecular complexity index is 406. The lowest BCUT2D eigenvalue weighted by atomic mass is 10.3. The van der Waals surface area contributed by atoms with E-state index in [0.29, 0.717) is 0 Å². The molecule has 62 valence electrons. The number of aromatic nitrogens is 1. The second-order valence-electron chi connectivity index (χ2n) is 2.39. The van der Waals surface area contributed by atoms with Crippen LogP contribution in [0.5, 0.6) is 5.75 Å². The average Bonchev–Trinajstić information content (AvgIpc) is 2.42. The molecule has 12 heavy (non-hydrogen) atoms. The molecule has 0 radical (unpaired) electrons. The number of ether oxygens (including phenoxy) is 1. The van der Waals surface area contributed by atoms with Crippen molar-refractivity contribution in [3.05, 3.63) is 28.2 Å². The van der Waals surface area contributed by atoms with E-state index in [0.717, 1.165) is 10.6 Å². The van der Waals surface area contributed by atoms with Crippen LogP contribution in [0, 0.1) is 0 Å². The molecule has 0 spiro atoms. The largest absolute Gasteiger partial charge is 0.506 e. The molecule has 0 atom stereocenters. The summed E-state index contributed by atoms with van der Waals surface area (Å²) in [6, 6.07) is 2.36. The van der Waals surface area contributed by atoms with Crippen molar-refractivity contribution < 1.29 is 14.6 Å². The first-order chi connectivity index (χ1) is 5.70. The molecule has 0 bridgehead atoms. The lowest BCUT2D eigenvalue weighted by Gasteiger charge is -1.97. The van der Waals surface area contributed by atoms with Crippen LogP contribution in [0.1, 0.15) is 5.69 Å². The van der Waals surface area contributed by atoms with E-state index in [1.807, 2.05) is 0 Å². The molecule has 2 rings (SSSR count). The van der Waals surface area contributed by atoms with E-state index in [1.54, 1.807) is 0 Å². The van der Waals surface area contributed by atoms with Gasteiger partial charge in [-0.2, -0.15) is 0 Å². The summed E-state index contributed by atoms with van der Waals surface area (Å²) in [7, 11) is 0. The van der Waals surface area contributed by atoms with Crippen LogP contribution in [0.2, 0.25) is 0 Å². The Morgan fingerprint density at radius 1 is 1.42 bits per heavy atom. The van der Waals surface area contributed by atoms with Crippen LogP contribution in [0.15, 0.2) is 16.9 Å². The third-order valence-corrected chi connectivity index (χ3v) is 1.68. The predicted molar refractivity (Wildman–Crippen MR) is 37.9 cm³/mol. The summed E-state index contributed by atoms with van der Waals surface area (Å²) in [5.74, 6) is -0.0968.